The third-order valence-electron chi connectivity index (χ3n) is 3.13. The van der Waals surface area contributed by atoms with Crippen LogP contribution in [0.5, 0.6) is 0 Å². The Kier molecular flexibility index (Phi) is 3.52. The smallest absolute Gasteiger partial charge is 0.259 e. The predicted molar refractivity (Wildman–Crippen MR) is 83.6 cm³/mol. The number of thiophene rings is 1. The molecular formula is C15H15N3OS. The van der Waals surface area contributed by atoms with Crippen molar-refractivity contribution in [2.45, 2.75) is 13.5 Å². The number of fused-ring (bicyclic) bond motifs is 1. The number of nitrogens with zero attached hydrogens (tertiary/aromatic N) is 2. The summed E-state index contributed by atoms with van der Waals surface area (Å²) in [6.45, 7) is 3.43. The van der Waals surface area contributed by atoms with Crippen LogP contribution < -0.4 is 10.9 Å². The minimum absolute atomic E-state index is 0.0551. The van der Waals surface area contributed by atoms with Crippen molar-refractivity contribution in [1.82, 2.24) is 9.55 Å². The fourth-order valence-corrected chi connectivity index (χ4v) is 2.90. The number of anilines is 1. The van der Waals surface area contributed by atoms with Gasteiger partial charge in [0.1, 0.15) is 5.82 Å². The summed E-state index contributed by atoms with van der Waals surface area (Å²) < 4.78 is 2.76. The molecular weight excluding hydrogens is 270 g/mol. The second kappa shape index (κ2) is 5.46. The quantitative estimate of drug-likeness (QED) is 0.801. The Hall–Kier alpha value is -2.14. The van der Waals surface area contributed by atoms with E-state index in [1.54, 1.807) is 15.9 Å². The van der Waals surface area contributed by atoms with Gasteiger partial charge in [0.15, 0.2) is 0 Å². The topological polar surface area (TPSA) is 46.9 Å². The zero-order chi connectivity index (χ0) is 13.9. The van der Waals surface area contributed by atoms with Crippen LogP contribution in [0.1, 0.15) is 12.5 Å². The van der Waals surface area contributed by atoms with E-state index in [-0.39, 0.29) is 5.56 Å². The van der Waals surface area contributed by atoms with E-state index in [0.717, 1.165) is 28.0 Å². The number of hydrogen-bond donors (Lipinski definition) is 1. The lowest BCUT2D eigenvalue weighted by Gasteiger charge is -2.07. The molecule has 0 fully saturated rings. The lowest BCUT2D eigenvalue weighted by Crippen LogP contribution is -2.19. The molecule has 0 saturated carbocycles. The van der Waals surface area contributed by atoms with Gasteiger partial charge in [-0.25, -0.2) is 4.98 Å². The third-order valence-corrected chi connectivity index (χ3v) is 4.01. The Morgan fingerprint density at radius 3 is 2.95 bits per heavy atom. The summed E-state index contributed by atoms with van der Waals surface area (Å²) in [6.07, 6.45) is 3.65. The molecule has 102 valence electrons. The molecule has 0 aliphatic carbocycles. The molecule has 1 N–H and O–H groups in total. The van der Waals surface area contributed by atoms with Gasteiger partial charge in [-0.2, -0.15) is 0 Å². The minimum atomic E-state index is 0.0551. The third kappa shape index (κ3) is 2.44. The van der Waals surface area contributed by atoms with E-state index in [1.807, 2.05) is 49.0 Å². The summed E-state index contributed by atoms with van der Waals surface area (Å²) in [6, 6.07) is 7.80. The maximum absolute atomic E-state index is 12.3. The van der Waals surface area contributed by atoms with E-state index in [4.69, 9.17) is 0 Å². The summed E-state index contributed by atoms with van der Waals surface area (Å²) >= 11 is 1.59. The first-order chi connectivity index (χ1) is 9.78. The van der Waals surface area contributed by atoms with Crippen LogP contribution in [0.15, 0.2) is 46.8 Å². The lowest BCUT2D eigenvalue weighted by atomic mass is 10.2. The van der Waals surface area contributed by atoms with Crippen LogP contribution in [0.3, 0.4) is 0 Å². The van der Waals surface area contributed by atoms with Crippen molar-refractivity contribution in [2.24, 2.45) is 0 Å². The van der Waals surface area contributed by atoms with Gasteiger partial charge in [0.2, 0.25) is 0 Å². The summed E-state index contributed by atoms with van der Waals surface area (Å²) in [4.78, 5) is 16.6. The first-order valence-electron chi connectivity index (χ1n) is 6.53. The summed E-state index contributed by atoms with van der Waals surface area (Å²) in [5, 5.41) is 5.89. The van der Waals surface area contributed by atoms with E-state index in [2.05, 4.69) is 10.3 Å². The van der Waals surface area contributed by atoms with E-state index < -0.39 is 0 Å². The second-order valence-electron chi connectivity index (χ2n) is 4.53. The van der Waals surface area contributed by atoms with Crippen molar-refractivity contribution in [2.75, 3.05) is 11.9 Å². The standard InChI is InChI=1S/C15H15N3OS/c1-2-16-14-4-3-11(9-17-14)10-18-7-5-13-12(15(18)19)6-8-20-13/h3-9H,2,10H2,1H3,(H,16,17). The van der Waals surface area contributed by atoms with Gasteiger partial charge in [0.25, 0.3) is 5.56 Å². The molecule has 3 rings (SSSR count). The van der Waals surface area contributed by atoms with Gasteiger partial charge in [-0.05, 0) is 36.1 Å². The molecule has 0 saturated heterocycles. The minimum Gasteiger partial charge on any atom is -0.370 e. The Bertz CT molecular complexity index is 774. The zero-order valence-corrected chi connectivity index (χ0v) is 12.0. The highest BCUT2D eigenvalue weighted by Crippen LogP contribution is 2.16. The molecule has 4 nitrogen and oxygen atoms in total. The van der Waals surface area contributed by atoms with Crippen LogP contribution in [-0.2, 0) is 6.54 Å². The fraction of sp³-hybridized carbons (Fsp3) is 0.200. The summed E-state index contributed by atoms with van der Waals surface area (Å²) in [7, 11) is 0. The van der Waals surface area contributed by atoms with Crippen LogP contribution in [-0.4, -0.2) is 16.1 Å². The van der Waals surface area contributed by atoms with Crippen LogP contribution in [0.4, 0.5) is 5.82 Å². The molecule has 0 aliphatic rings. The molecule has 3 heterocycles. The van der Waals surface area contributed by atoms with Gasteiger partial charge in [-0.15, -0.1) is 11.3 Å². The van der Waals surface area contributed by atoms with Crippen molar-refractivity contribution in [1.29, 1.82) is 0 Å². The first-order valence-corrected chi connectivity index (χ1v) is 7.41. The average molecular weight is 285 g/mol. The van der Waals surface area contributed by atoms with Gasteiger partial charge < -0.3 is 9.88 Å². The van der Waals surface area contributed by atoms with Gasteiger partial charge in [-0.1, -0.05) is 6.07 Å². The van der Waals surface area contributed by atoms with E-state index >= 15 is 0 Å². The first kappa shape index (κ1) is 12.9. The molecule has 5 heteroatoms. The number of pyridine rings is 2. The number of hydrogen-bond acceptors (Lipinski definition) is 4. The molecule has 20 heavy (non-hydrogen) atoms. The molecule has 0 amide bonds. The monoisotopic (exact) mass is 285 g/mol. The van der Waals surface area contributed by atoms with Gasteiger partial charge in [0, 0.05) is 23.6 Å². The summed E-state index contributed by atoms with van der Waals surface area (Å²) in [5.41, 5.74) is 1.07. The van der Waals surface area contributed by atoms with Gasteiger partial charge in [0.05, 0.1) is 11.9 Å². The Morgan fingerprint density at radius 2 is 2.20 bits per heavy atom. The fourth-order valence-electron chi connectivity index (χ4n) is 2.13. The van der Waals surface area contributed by atoms with Crippen LogP contribution >= 0.6 is 11.3 Å². The highest BCUT2D eigenvalue weighted by Gasteiger charge is 2.04. The van der Waals surface area contributed by atoms with Crippen molar-refractivity contribution in [3.05, 3.63) is 58.0 Å². The van der Waals surface area contributed by atoms with E-state index in [0.29, 0.717) is 6.54 Å². The molecule has 3 aromatic rings. The highest BCUT2D eigenvalue weighted by atomic mass is 32.1. The number of rotatable bonds is 4. The van der Waals surface area contributed by atoms with Crippen LogP contribution in [0.2, 0.25) is 0 Å². The maximum atomic E-state index is 12.3. The Balaban J connectivity index is 1.88. The molecule has 3 aromatic heterocycles. The molecule has 0 bridgehead atoms. The SMILES string of the molecule is CCNc1ccc(Cn2ccc3sccc3c2=O)cn1. The molecule has 0 unspecified atom stereocenters. The lowest BCUT2D eigenvalue weighted by molar-refractivity contribution is 0.765. The maximum Gasteiger partial charge on any atom is 0.259 e. The van der Waals surface area contributed by atoms with Crippen molar-refractivity contribution in [3.8, 4) is 0 Å². The van der Waals surface area contributed by atoms with Crippen LogP contribution in [0, 0.1) is 0 Å². The highest BCUT2D eigenvalue weighted by molar-refractivity contribution is 7.17. The van der Waals surface area contributed by atoms with Crippen LogP contribution in [0.25, 0.3) is 10.1 Å². The number of aromatic nitrogens is 2. The molecule has 0 atom stereocenters. The Labute approximate surface area is 120 Å². The van der Waals surface area contributed by atoms with Crippen molar-refractivity contribution < 1.29 is 0 Å². The van der Waals surface area contributed by atoms with Crippen molar-refractivity contribution >= 4 is 27.2 Å². The largest absolute Gasteiger partial charge is 0.370 e. The molecule has 0 aliphatic heterocycles. The Morgan fingerprint density at radius 1 is 1.30 bits per heavy atom. The predicted octanol–water partition coefficient (Wildman–Crippen LogP) is 2.94. The second-order valence-corrected chi connectivity index (χ2v) is 5.48. The van der Waals surface area contributed by atoms with Gasteiger partial charge in [-0.3, -0.25) is 4.79 Å². The number of nitrogens with one attached hydrogen (secondary N) is 1. The van der Waals surface area contributed by atoms with E-state index in [9.17, 15) is 4.79 Å². The molecule has 0 radical (unpaired) electrons. The summed E-state index contributed by atoms with van der Waals surface area (Å²) in [5.74, 6) is 0.858. The normalized spacial score (nSPS) is 10.8. The zero-order valence-electron chi connectivity index (χ0n) is 11.2. The molecule has 0 spiro atoms. The average Bonchev–Trinajstić information content (AvgIpc) is 2.94. The van der Waals surface area contributed by atoms with Crippen molar-refractivity contribution in [3.63, 3.8) is 0 Å². The van der Waals surface area contributed by atoms with Gasteiger partial charge >= 0.3 is 0 Å². The van der Waals surface area contributed by atoms with E-state index in [1.165, 1.54) is 0 Å². The molecule has 0 aromatic carbocycles.